The third-order valence-corrected chi connectivity index (χ3v) is 4.92. The first kappa shape index (κ1) is 16.8. The number of nitrogens with one attached hydrogen (secondary N) is 2. The Morgan fingerprint density at radius 1 is 1.25 bits per heavy atom. The van der Waals surface area contributed by atoms with Crippen molar-refractivity contribution in [1.29, 1.82) is 0 Å². The van der Waals surface area contributed by atoms with Gasteiger partial charge >= 0.3 is 0 Å². The first-order chi connectivity index (χ1) is 11.7. The highest BCUT2D eigenvalue weighted by atomic mass is 16.2. The lowest BCUT2D eigenvalue weighted by Crippen LogP contribution is -2.55. The van der Waals surface area contributed by atoms with Crippen molar-refractivity contribution in [2.45, 2.75) is 31.7 Å². The molecule has 24 heavy (non-hydrogen) atoms. The maximum absolute atomic E-state index is 13.2. The Bertz CT molecular complexity index is 584. The van der Waals surface area contributed by atoms with E-state index in [2.05, 4.69) is 15.5 Å². The summed E-state index contributed by atoms with van der Waals surface area (Å²) < 4.78 is 0. The first-order valence-electron chi connectivity index (χ1n) is 8.77. The van der Waals surface area contributed by atoms with Crippen LogP contribution in [0.5, 0.6) is 0 Å². The number of hydrogen-bond acceptors (Lipinski definition) is 4. The molecule has 0 radical (unpaired) electrons. The average molecular weight is 330 g/mol. The predicted molar refractivity (Wildman–Crippen MR) is 93.6 cm³/mol. The van der Waals surface area contributed by atoms with Crippen LogP contribution in [0.1, 0.15) is 26.2 Å². The van der Waals surface area contributed by atoms with E-state index in [1.165, 1.54) is 0 Å². The van der Waals surface area contributed by atoms with Gasteiger partial charge in [-0.15, -0.1) is 0 Å². The number of para-hydroxylation sites is 1. The molecule has 6 heteroatoms. The molecule has 1 aromatic rings. The molecule has 2 heterocycles. The number of piperidine rings is 1. The minimum absolute atomic E-state index is 0.0794. The van der Waals surface area contributed by atoms with Crippen molar-refractivity contribution in [3.63, 3.8) is 0 Å². The maximum atomic E-state index is 13.2. The molecule has 3 rings (SSSR count). The Labute approximate surface area is 143 Å². The van der Waals surface area contributed by atoms with E-state index in [1.54, 1.807) is 4.90 Å². The van der Waals surface area contributed by atoms with Gasteiger partial charge in [0.25, 0.3) is 0 Å². The van der Waals surface area contributed by atoms with Crippen LogP contribution < -0.4 is 15.5 Å². The molecule has 0 saturated carbocycles. The van der Waals surface area contributed by atoms with Crippen LogP contribution in [0.2, 0.25) is 0 Å². The number of rotatable bonds is 5. The van der Waals surface area contributed by atoms with Gasteiger partial charge in [0.15, 0.2) is 0 Å². The number of nitrogens with zero attached hydrogens (tertiary/aromatic N) is 2. The van der Waals surface area contributed by atoms with Gasteiger partial charge in [0.05, 0.1) is 6.67 Å². The molecule has 6 nitrogen and oxygen atoms in total. The van der Waals surface area contributed by atoms with E-state index < -0.39 is 5.54 Å². The molecule has 2 amide bonds. The SMILES string of the molecule is CCCNC(=O)CN1CN(c2ccccc2)C2(CCNCC2)C1=O. The van der Waals surface area contributed by atoms with Gasteiger partial charge in [-0.25, -0.2) is 0 Å². The van der Waals surface area contributed by atoms with Gasteiger partial charge < -0.3 is 20.4 Å². The fraction of sp³-hybridized carbons (Fsp3) is 0.556. The summed E-state index contributed by atoms with van der Waals surface area (Å²) in [5, 5.41) is 6.20. The van der Waals surface area contributed by atoms with Gasteiger partial charge in [0, 0.05) is 12.2 Å². The van der Waals surface area contributed by atoms with E-state index >= 15 is 0 Å². The van der Waals surface area contributed by atoms with E-state index in [0.29, 0.717) is 13.2 Å². The molecular formula is C18H26N4O2. The third kappa shape index (κ3) is 3.11. The molecule has 2 N–H and O–H groups in total. The zero-order valence-electron chi connectivity index (χ0n) is 14.3. The average Bonchev–Trinajstić information content (AvgIpc) is 2.87. The number of benzene rings is 1. The summed E-state index contributed by atoms with van der Waals surface area (Å²) in [5.41, 5.74) is 0.529. The molecule has 130 valence electrons. The van der Waals surface area contributed by atoms with Gasteiger partial charge in [0.1, 0.15) is 12.1 Å². The van der Waals surface area contributed by atoms with Crippen molar-refractivity contribution in [3.8, 4) is 0 Å². The summed E-state index contributed by atoms with van der Waals surface area (Å²) in [7, 11) is 0. The van der Waals surface area contributed by atoms with Crippen molar-refractivity contribution in [2.75, 3.05) is 37.7 Å². The molecule has 2 saturated heterocycles. The summed E-state index contributed by atoms with van der Waals surface area (Å²) in [4.78, 5) is 29.1. The largest absolute Gasteiger partial charge is 0.355 e. The van der Waals surface area contributed by atoms with Crippen molar-refractivity contribution < 1.29 is 9.59 Å². The minimum Gasteiger partial charge on any atom is -0.355 e. The highest BCUT2D eigenvalue weighted by molar-refractivity contribution is 5.96. The Morgan fingerprint density at radius 3 is 2.62 bits per heavy atom. The van der Waals surface area contributed by atoms with Crippen molar-refractivity contribution in [2.24, 2.45) is 0 Å². The second-order valence-electron chi connectivity index (χ2n) is 6.54. The van der Waals surface area contributed by atoms with Crippen LogP contribution in [0, 0.1) is 0 Å². The van der Waals surface area contributed by atoms with Crippen LogP contribution in [0.15, 0.2) is 30.3 Å². The molecule has 0 bridgehead atoms. The van der Waals surface area contributed by atoms with Gasteiger partial charge in [0.2, 0.25) is 11.8 Å². The Kier molecular flexibility index (Phi) is 5.04. The lowest BCUT2D eigenvalue weighted by atomic mass is 9.86. The summed E-state index contributed by atoms with van der Waals surface area (Å²) in [5.74, 6) is 0.00342. The third-order valence-electron chi connectivity index (χ3n) is 4.92. The molecule has 1 aromatic carbocycles. The maximum Gasteiger partial charge on any atom is 0.250 e. The Hall–Kier alpha value is -2.08. The van der Waals surface area contributed by atoms with Gasteiger partial charge in [-0.3, -0.25) is 9.59 Å². The highest BCUT2D eigenvalue weighted by Crippen LogP contribution is 2.37. The number of anilines is 1. The Morgan fingerprint density at radius 2 is 1.96 bits per heavy atom. The van der Waals surface area contributed by atoms with Crippen molar-refractivity contribution >= 4 is 17.5 Å². The van der Waals surface area contributed by atoms with Gasteiger partial charge in [-0.05, 0) is 44.5 Å². The second-order valence-corrected chi connectivity index (χ2v) is 6.54. The lowest BCUT2D eigenvalue weighted by molar-refractivity contribution is -0.136. The summed E-state index contributed by atoms with van der Waals surface area (Å²) in [6, 6.07) is 10.0. The van der Waals surface area contributed by atoms with E-state index in [1.807, 2.05) is 37.3 Å². The van der Waals surface area contributed by atoms with Crippen LogP contribution in [-0.4, -0.2) is 55.1 Å². The molecule has 2 aliphatic rings. The zero-order valence-corrected chi connectivity index (χ0v) is 14.3. The smallest absolute Gasteiger partial charge is 0.250 e. The molecule has 2 fully saturated rings. The van der Waals surface area contributed by atoms with Crippen LogP contribution in [0.25, 0.3) is 0 Å². The number of carbonyl (C=O) groups excluding carboxylic acids is 2. The summed E-state index contributed by atoms with van der Waals surface area (Å²) >= 11 is 0. The predicted octanol–water partition coefficient (Wildman–Crippen LogP) is 0.941. The summed E-state index contributed by atoms with van der Waals surface area (Å²) in [6.45, 7) is 4.93. The fourth-order valence-corrected chi connectivity index (χ4v) is 3.66. The van der Waals surface area contributed by atoms with Gasteiger partial charge in [-0.2, -0.15) is 0 Å². The summed E-state index contributed by atoms with van der Waals surface area (Å²) in [6.07, 6.45) is 2.44. The van der Waals surface area contributed by atoms with E-state index in [9.17, 15) is 9.59 Å². The highest BCUT2D eigenvalue weighted by Gasteiger charge is 2.52. The monoisotopic (exact) mass is 330 g/mol. The number of hydrogen-bond donors (Lipinski definition) is 2. The normalized spacial score (nSPS) is 19.8. The van der Waals surface area contributed by atoms with E-state index in [0.717, 1.165) is 38.0 Å². The topological polar surface area (TPSA) is 64.7 Å². The Balaban J connectivity index is 1.82. The van der Waals surface area contributed by atoms with Crippen molar-refractivity contribution in [3.05, 3.63) is 30.3 Å². The minimum atomic E-state index is -0.516. The fourth-order valence-electron chi connectivity index (χ4n) is 3.66. The molecular weight excluding hydrogens is 304 g/mol. The van der Waals surface area contributed by atoms with Crippen LogP contribution in [-0.2, 0) is 9.59 Å². The number of amides is 2. The van der Waals surface area contributed by atoms with Crippen LogP contribution >= 0.6 is 0 Å². The molecule has 0 unspecified atom stereocenters. The quantitative estimate of drug-likeness (QED) is 0.843. The standard InChI is InChI=1S/C18H26N4O2/c1-2-10-20-16(23)13-21-14-22(15-6-4-3-5-7-15)18(17(21)24)8-11-19-12-9-18/h3-7,19H,2,8-14H2,1H3,(H,20,23). The van der Waals surface area contributed by atoms with E-state index in [-0.39, 0.29) is 18.4 Å². The van der Waals surface area contributed by atoms with Crippen molar-refractivity contribution in [1.82, 2.24) is 15.5 Å². The van der Waals surface area contributed by atoms with Crippen LogP contribution in [0.4, 0.5) is 5.69 Å². The zero-order chi connectivity index (χ0) is 17.0. The second kappa shape index (κ2) is 7.21. The first-order valence-corrected chi connectivity index (χ1v) is 8.77. The molecule has 2 aliphatic heterocycles. The molecule has 0 atom stereocenters. The molecule has 0 aliphatic carbocycles. The van der Waals surface area contributed by atoms with Crippen LogP contribution in [0.3, 0.4) is 0 Å². The number of carbonyl (C=O) groups is 2. The molecule has 1 spiro atoms. The van der Waals surface area contributed by atoms with E-state index in [4.69, 9.17) is 0 Å². The molecule has 0 aromatic heterocycles. The van der Waals surface area contributed by atoms with Gasteiger partial charge in [-0.1, -0.05) is 25.1 Å². The lowest BCUT2D eigenvalue weighted by Gasteiger charge is -2.40.